The van der Waals surface area contributed by atoms with Crippen molar-refractivity contribution in [2.75, 3.05) is 26.0 Å². The number of hydrogen-bond acceptors (Lipinski definition) is 5. The van der Waals surface area contributed by atoms with E-state index in [2.05, 4.69) is 10.3 Å². The van der Waals surface area contributed by atoms with Crippen molar-refractivity contribution < 1.29 is 9.53 Å². The average Bonchev–Trinajstić information content (AvgIpc) is 2.50. The molecule has 2 aromatic rings. The fourth-order valence-electron chi connectivity index (χ4n) is 1.80. The topological polar surface area (TPSA) is 73.2 Å². The van der Waals surface area contributed by atoms with Crippen molar-refractivity contribution in [3.8, 4) is 0 Å². The van der Waals surface area contributed by atoms with E-state index in [1.807, 2.05) is 12.1 Å². The molecule has 1 heterocycles. The minimum Gasteiger partial charge on any atom is -0.383 e. The van der Waals surface area contributed by atoms with E-state index in [4.69, 9.17) is 4.74 Å². The van der Waals surface area contributed by atoms with Crippen molar-refractivity contribution in [2.24, 2.45) is 7.05 Å². The SMILES string of the molecule is COCCNC(=O)CSc1nc2ccccc2c(=O)n1C. The van der Waals surface area contributed by atoms with E-state index in [9.17, 15) is 9.59 Å². The van der Waals surface area contributed by atoms with E-state index in [1.54, 1.807) is 26.3 Å². The number of aromatic nitrogens is 2. The maximum atomic E-state index is 12.2. The standard InChI is InChI=1S/C14H17N3O3S/c1-17-13(19)10-5-3-4-6-11(10)16-14(17)21-9-12(18)15-7-8-20-2/h3-6H,7-9H2,1-2H3,(H,15,18). The molecular formula is C14H17N3O3S. The number of amides is 1. The first-order valence-corrected chi connectivity index (χ1v) is 7.46. The first-order chi connectivity index (χ1) is 10.1. The van der Waals surface area contributed by atoms with Crippen LogP contribution in [0.2, 0.25) is 0 Å². The summed E-state index contributed by atoms with van der Waals surface area (Å²) in [5.41, 5.74) is 0.533. The van der Waals surface area contributed by atoms with Crippen LogP contribution in [0, 0.1) is 0 Å². The van der Waals surface area contributed by atoms with Crippen LogP contribution in [0.4, 0.5) is 0 Å². The lowest BCUT2D eigenvalue weighted by Crippen LogP contribution is -2.29. The number of carbonyl (C=O) groups excluding carboxylic acids is 1. The Kier molecular flexibility index (Phi) is 5.35. The van der Waals surface area contributed by atoms with Gasteiger partial charge in [0.1, 0.15) is 0 Å². The molecule has 7 heteroatoms. The third-order valence-corrected chi connectivity index (χ3v) is 3.93. The second-order valence-electron chi connectivity index (χ2n) is 4.41. The minimum absolute atomic E-state index is 0.108. The molecule has 1 N–H and O–H groups in total. The van der Waals surface area contributed by atoms with Crippen LogP contribution in [0.15, 0.2) is 34.2 Å². The number of rotatable bonds is 6. The number of hydrogen-bond donors (Lipinski definition) is 1. The van der Waals surface area contributed by atoms with Crippen LogP contribution in [0.1, 0.15) is 0 Å². The highest BCUT2D eigenvalue weighted by Crippen LogP contribution is 2.16. The van der Waals surface area contributed by atoms with Crippen LogP contribution in [0.25, 0.3) is 10.9 Å². The number of carbonyl (C=O) groups is 1. The van der Waals surface area contributed by atoms with E-state index in [0.717, 1.165) is 0 Å². The summed E-state index contributed by atoms with van der Waals surface area (Å²) in [4.78, 5) is 28.3. The lowest BCUT2D eigenvalue weighted by atomic mass is 10.2. The number of benzene rings is 1. The van der Waals surface area contributed by atoms with Crippen molar-refractivity contribution in [1.82, 2.24) is 14.9 Å². The van der Waals surface area contributed by atoms with Gasteiger partial charge < -0.3 is 10.1 Å². The Morgan fingerprint density at radius 3 is 2.95 bits per heavy atom. The number of ether oxygens (including phenoxy) is 1. The van der Waals surface area contributed by atoms with Crippen LogP contribution in [-0.2, 0) is 16.6 Å². The summed E-state index contributed by atoms with van der Waals surface area (Å²) < 4.78 is 6.33. The first kappa shape index (κ1) is 15.5. The third kappa shape index (κ3) is 3.83. The highest BCUT2D eigenvalue weighted by molar-refractivity contribution is 7.99. The zero-order chi connectivity index (χ0) is 15.2. The highest BCUT2D eigenvalue weighted by atomic mass is 32.2. The zero-order valence-corrected chi connectivity index (χ0v) is 12.8. The van der Waals surface area contributed by atoms with Crippen LogP contribution in [0.5, 0.6) is 0 Å². The number of fused-ring (bicyclic) bond motifs is 1. The summed E-state index contributed by atoms with van der Waals surface area (Å²) in [5.74, 6) is 0.0990. The van der Waals surface area contributed by atoms with Crippen LogP contribution in [0.3, 0.4) is 0 Å². The molecule has 1 amide bonds. The summed E-state index contributed by atoms with van der Waals surface area (Å²) in [7, 11) is 3.24. The molecule has 0 atom stereocenters. The first-order valence-electron chi connectivity index (χ1n) is 6.47. The maximum Gasteiger partial charge on any atom is 0.261 e. The molecule has 1 aromatic carbocycles. The molecule has 0 radical (unpaired) electrons. The van der Waals surface area contributed by atoms with Gasteiger partial charge in [0, 0.05) is 20.7 Å². The highest BCUT2D eigenvalue weighted by Gasteiger charge is 2.10. The smallest absolute Gasteiger partial charge is 0.261 e. The van der Waals surface area contributed by atoms with Gasteiger partial charge in [0.15, 0.2) is 5.16 Å². The molecule has 0 saturated carbocycles. The van der Waals surface area contributed by atoms with Gasteiger partial charge in [-0.1, -0.05) is 23.9 Å². The van der Waals surface area contributed by atoms with Crippen molar-refractivity contribution in [3.05, 3.63) is 34.6 Å². The van der Waals surface area contributed by atoms with Crippen molar-refractivity contribution >= 4 is 28.6 Å². The molecule has 21 heavy (non-hydrogen) atoms. The second kappa shape index (κ2) is 7.24. The summed E-state index contributed by atoms with van der Waals surface area (Å²) in [6.45, 7) is 0.948. The number of thioether (sulfide) groups is 1. The molecule has 6 nitrogen and oxygen atoms in total. The van der Waals surface area contributed by atoms with Crippen LogP contribution in [-0.4, -0.2) is 41.5 Å². The molecule has 0 aliphatic rings. The zero-order valence-electron chi connectivity index (χ0n) is 12.0. The molecule has 0 saturated heterocycles. The largest absolute Gasteiger partial charge is 0.383 e. The molecule has 2 rings (SSSR count). The van der Waals surface area contributed by atoms with Gasteiger partial charge in [0.2, 0.25) is 5.91 Å². The molecule has 112 valence electrons. The molecule has 0 unspecified atom stereocenters. The van der Waals surface area contributed by atoms with E-state index in [1.165, 1.54) is 16.3 Å². The minimum atomic E-state index is -0.112. The molecule has 0 spiro atoms. The molecular weight excluding hydrogens is 290 g/mol. The Balaban J connectivity index is 2.10. The lowest BCUT2D eigenvalue weighted by Gasteiger charge is -2.08. The van der Waals surface area contributed by atoms with Crippen LogP contribution >= 0.6 is 11.8 Å². The Labute approximate surface area is 126 Å². The van der Waals surface area contributed by atoms with Crippen molar-refractivity contribution in [1.29, 1.82) is 0 Å². The summed E-state index contributed by atoms with van der Waals surface area (Å²) in [5, 5.41) is 3.83. The molecule has 0 aliphatic heterocycles. The Bertz CT molecular complexity index is 699. The van der Waals surface area contributed by atoms with Gasteiger partial charge in [-0.15, -0.1) is 0 Å². The van der Waals surface area contributed by atoms with E-state index in [-0.39, 0.29) is 17.2 Å². The molecule has 0 fully saturated rings. The fraction of sp³-hybridized carbons (Fsp3) is 0.357. The lowest BCUT2D eigenvalue weighted by molar-refractivity contribution is -0.118. The maximum absolute atomic E-state index is 12.2. The van der Waals surface area contributed by atoms with Gasteiger partial charge in [0.25, 0.3) is 5.56 Å². The van der Waals surface area contributed by atoms with Gasteiger partial charge in [-0.25, -0.2) is 4.98 Å². The fourth-order valence-corrected chi connectivity index (χ4v) is 2.60. The number of nitrogens with zero attached hydrogens (tertiary/aromatic N) is 2. The molecule has 0 bridgehead atoms. The quantitative estimate of drug-likeness (QED) is 0.485. The van der Waals surface area contributed by atoms with Crippen LogP contribution < -0.4 is 10.9 Å². The van der Waals surface area contributed by atoms with Crippen molar-refractivity contribution in [2.45, 2.75) is 5.16 Å². The number of nitrogens with one attached hydrogen (secondary N) is 1. The van der Waals surface area contributed by atoms with E-state index < -0.39 is 0 Å². The Hall–Kier alpha value is -1.86. The summed E-state index contributed by atoms with van der Waals surface area (Å²) >= 11 is 1.24. The van der Waals surface area contributed by atoms with Crippen molar-refractivity contribution in [3.63, 3.8) is 0 Å². The number of methoxy groups -OCH3 is 1. The average molecular weight is 307 g/mol. The van der Waals surface area contributed by atoms with E-state index >= 15 is 0 Å². The van der Waals surface area contributed by atoms with Gasteiger partial charge in [-0.3, -0.25) is 14.2 Å². The van der Waals surface area contributed by atoms with Gasteiger partial charge >= 0.3 is 0 Å². The second-order valence-corrected chi connectivity index (χ2v) is 5.35. The summed E-state index contributed by atoms with van der Waals surface area (Å²) in [6.07, 6.45) is 0. The molecule has 1 aromatic heterocycles. The Morgan fingerprint density at radius 2 is 2.19 bits per heavy atom. The molecule has 0 aliphatic carbocycles. The Morgan fingerprint density at radius 1 is 1.43 bits per heavy atom. The predicted molar refractivity (Wildman–Crippen MR) is 82.6 cm³/mol. The van der Waals surface area contributed by atoms with Gasteiger partial charge in [0.05, 0.1) is 23.3 Å². The van der Waals surface area contributed by atoms with Gasteiger partial charge in [-0.05, 0) is 12.1 Å². The summed E-state index contributed by atoms with van der Waals surface area (Å²) in [6, 6.07) is 7.18. The van der Waals surface area contributed by atoms with E-state index in [0.29, 0.717) is 29.2 Å². The predicted octanol–water partition coefficient (Wildman–Crippen LogP) is 0.788. The normalized spacial score (nSPS) is 10.8. The van der Waals surface area contributed by atoms with Gasteiger partial charge in [-0.2, -0.15) is 0 Å². The number of para-hydroxylation sites is 1. The third-order valence-electron chi connectivity index (χ3n) is 2.90. The monoisotopic (exact) mass is 307 g/mol.